The van der Waals surface area contributed by atoms with E-state index in [-0.39, 0.29) is 18.5 Å². The van der Waals surface area contributed by atoms with E-state index >= 15 is 0 Å². The van der Waals surface area contributed by atoms with Gasteiger partial charge in [-0.15, -0.1) is 0 Å². The number of carbonyl (C=O) groups is 2. The van der Waals surface area contributed by atoms with Crippen LogP contribution in [0.4, 0.5) is 10.5 Å². The molecule has 0 aromatic heterocycles. The predicted octanol–water partition coefficient (Wildman–Crippen LogP) is 2.81. The van der Waals surface area contributed by atoms with Crippen molar-refractivity contribution in [1.29, 1.82) is 0 Å². The smallest absolute Gasteiger partial charge is 0.321 e. The Morgan fingerprint density at radius 2 is 2.20 bits per heavy atom. The fourth-order valence-corrected chi connectivity index (χ4v) is 4.02. The van der Waals surface area contributed by atoms with Gasteiger partial charge in [0.1, 0.15) is 0 Å². The fourth-order valence-electron chi connectivity index (χ4n) is 4.02. The fraction of sp³-hybridized carbons (Fsp3) is 0.556. The Hall–Kier alpha value is -2.44. The lowest BCUT2D eigenvalue weighted by Crippen LogP contribution is -2.38. The van der Waals surface area contributed by atoms with Crippen LogP contribution in [0.25, 0.3) is 0 Å². The van der Waals surface area contributed by atoms with Crippen molar-refractivity contribution in [2.24, 2.45) is 11.3 Å². The Labute approximate surface area is 146 Å². The number of rotatable bonds is 5. The number of methoxy groups -OCH3 is 1. The third kappa shape index (κ3) is 3.10. The van der Waals surface area contributed by atoms with Crippen molar-refractivity contribution in [3.05, 3.63) is 18.2 Å². The molecule has 0 spiro atoms. The highest BCUT2D eigenvalue weighted by atomic mass is 16.5. The summed E-state index contributed by atoms with van der Waals surface area (Å²) in [6.07, 6.45) is 2.43. The molecule has 1 aliphatic heterocycles. The summed E-state index contributed by atoms with van der Waals surface area (Å²) in [6, 6.07) is 4.92. The highest BCUT2D eigenvalue weighted by molar-refractivity contribution is 5.91. The molecule has 2 N–H and O–H groups in total. The maximum Gasteiger partial charge on any atom is 0.321 e. The first-order valence-corrected chi connectivity index (χ1v) is 8.60. The van der Waals surface area contributed by atoms with Crippen molar-refractivity contribution in [3.8, 4) is 11.5 Å². The number of nitrogens with one attached hydrogen (secondary N) is 1. The number of amides is 2. The van der Waals surface area contributed by atoms with Crippen molar-refractivity contribution in [2.45, 2.75) is 26.2 Å². The Kier molecular flexibility index (Phi) is 4.74. The second-order valence-corrected chi connectivity index (χ2v) is 6.66. The number of hydrogen-bond acceptors (Lipinski definition) is 4. The van der Waals surface area contributed by atoms with Gasteiger partial charge in [-0.25, -0.2) is 4.79 Å². The van der Waals surface area contributed by atoms with Crippen LogP contribution in [0.1, 0.15) is 26.2 Å². The molecule has 1 aromatic rings. The highest BCUT2D eigenvalue weighted by Crippen LogP contribution is 2.49. The summed E-state index contributed by atoms with van der Waals surface area (Å²) < 4.78 is 10.8. The molecule has 1 saturated heterocycles. The van der Waals surface area contributed by atoms with E-state index in [1.807, 2.05) is 6.92 Å². The van der Waals surface area contributed by atoms with Crippen molar-refractivity contribution in [1.82, 2.24) is 4.90 Å². The number of urea groups is 1. The zero-order valence-corrected chi connectivity index (χ0v) is 14.6. The maximum atomic E-state index is 12.6. The first kappa shape index (κ1) is 17.4. The number of carboxylic acid groups (broad SMARTS) is 1. The van der Waals surface area contributed by atoms with Crippen LogP contribution in [0.3, 0.4) is 0 Å². The van der Waals surface area contributed by atoms with E-state index in [1.165, 1.54) is 0 Å². The summed E-state index contributed by atoms with van der Waals surface area (Å²) in [5.41, 5.74) is -0.180. The van der Waals surface area contributed by atoms with E-state index in [2.05, 4.69) is 5.32 Å². The summed E-state index contributed by atoms with van der Waals surface area (Å²) in [6.45, 7) is 3.17. The van der Waals surface area contributed by atoms with Crippen LogP contribution in [0, 0.1) is 11.3 Å². The second kappa shape index (κ2) is 6.82. The average Bonchev–Trinajstić information content (AvgIpc) is 3.14. The van der Waals surface area contributed by atoms with Gasteiger partial charge in [0.25, 0.3) is 0 Å². The van der Waals surface area contributed by atoms with E-state index in [1.54, 1.807) is 30.2 Å². The second-order valence-electron chi connectivity index (χ2n) is 6.66. The predicted molar refractivity (Wildman–Crippen MR) is 92.2 cm³/mol. The number of likely N-dealkylation sites (tertiary alicyclic amines) is 1. The molecule has 2 aliphatic rings. The van der Waals surface area contributed by atoms with E-state index in [9.17, 15) is 14.7 Å². The lowest BCUT2D eigenvalue weighted by atomic mass is 9.81. The van der Waals surface area contributed by atoms with Crippen LogP contribution in [0.15, 0.2) is 18.2 Å². The molecule has 7 heteroatoms. The Morgan fingerprint density at radius 3 is 2.84 bits per heavy atom. The van der Waals surface area contributed by atoms with Crippen LogP contribution in [0.2, 0.25) is 0 Å². The maximum absolute atomic E-state index is 12.6. The number of anilines is 1. The zero-order valence-electron chi connectivity index (χ0n) is 14.6. The molecule has 7 nitrogen and oxygen atoms in total. The van der Waals surface area contributed by atoms with Crippen molar-refractivity contribution in [2.75, 3.05) is 32.1 Å². The number of ether oxygens (including phenoxy) is 2. The minimum Gasteiger partial charge on any atom is -0.493 e. The van der Waals surface area contributed by atoms with Crippen molar-refractivity contribution < 1.29 is 24.2 Å². The number of hydrogen-bond donors (Lipinski definition) is 2. The van der Waals surface area contributed by atoms with Gasteiger partial charge in [0.05, 0.1) is 19.1 Å². The van der Waals surface area contributed by atoms with Gasteiger partial charge in [-0.1, -0.05) is 6.42 Å². The summed E-state index contributed by atoms with van der Waals surface area (Å²) in [5.74, 6) is 0.419. The molecule has 2 amide bonds. The number of carboxylic acids is 1. The Bertz CT molecular complexity index is 677. The van der Waals surface area contributed by atoms with E-state index in [4.69, 9.17) is 9.47 Å². The van der Waals surface area contributed by atoms with E-state index in [0.717, 1.165) is 12.8 Å². The van der Waals surface area contributed by atoms with Gasteiger partial charge < -0.3 is 24.8 Å². The summed E-state index contributed by atoms with van der Waals surface area (Å²) in [7, 11) is 1.54. The molecule has 0 bridgehead atoms. The van der Waals surface area contributed by atoms with Crippen LogP contribution >= 0.6 is 0 Å². The minimum atomic E-state index is -0.784. The molecular formula is C18H24N2O5. The van der Waals surface area contributed by atoms with Gasteiger partial charge in [-0.3, -0.25) is 4.79 Å². The molecule has 1 saturated carbocycles. The quantitative estimate of drug-likeness (QED) is 0.854. The van der Waals surface area contributed by atoms with Crippen molar-refractivity contribution in [3.63, 3.8) is 0 Å². The lowest BCUT2D eigenvalue weighted by molar-refractivity contribution is -0.149. The molecule has 2 fully saturated rings. The highest BCUT2D eigenvalue weighted by Gasteiger charge is 2.55. The number of carbonyl (C=O) groups excluding carboxylic acids is 1. The number of fused-ring (bicyclic) bond motifs is 1. The van der Waals surface area contributed by atoms with Crippen LogP contribution in [-0.4, -0.2) is 48.8 Å². The molecule has 0 unspecified atom stereocenters. The monoisotopic (exact) mass is 348 g/mol. The molecule has 1 aromatic carbocycles. The van der Waals surface area contributed by atoms with Gasteiger partial charge in [-0.2, -0.15) is 0 Å². The normalized spacial score (nSPS) is 24.7. The number of benzene rings is 1. The molecule has 3 rings (SSSR count). The van der Waals surface area contributed by atoms with Gasteiger partial charge in [-0.05, 0) is 37.8 Å². The largest absolute Gasteiger partial charge is 0.493 e. The average molecular weight is 348 g/mol. The van der Waals surface area contributed by atoms with Crippen LogP contribution in [0.5, 0.6) is 11.5 Å². The van der Waals surface area contributed by atoms with Gasteiger partial charge in [0.15, 0.2) is 11.5 Å². The lowest BCUT2D eigenvalue weighted by Gasteiger charge is -2.23. The summed E-state index contributed by atoms with van der Waals surface area (Å²) in [4.78, 5) is 25.9. The van der Waals surface area contributed by atoms with Gasteiger partial charge in [0.2, 0.25) is 0 Å². The van der Waals surface area contributed by atoms with Crippen LogP contribution in [-0.2, 0) is 4.79 Å². The third-order valence-corrected chi connectivity index (χ3v) is 5.30. The van der Waals surface area contributed by atoms with E-state index < -0.39 is 11.4 Å². The summed E-state index contributed by atoms with van der Waals surface area (Å²) >= 11 is 0. The Balaban J connectivity index is 1.70. The molecule has 25 heavy (non-hydrogen) atoms. The molecule has 2 atom stereocenters. The first-order chi connectivity index (χ1) is 12.0. The first-order valence-electron chi connectivity index (χ1n) is 8.60. The molecule has 0 radical (unpaired) electrons. The summed E-state index contributed by atoms with van der Waals surface area (Å²) in [5, 5.41) is 12.5. The minimum absolute atomic E-state index is 0.0469. The topological polar surface area (TPSA) is 88.1 Å². The van der Waals surface area contributed by atoms with Crippen LogP contribution < -0.4 is 14.8 Å². The third-order valence-electron chi connectivity index (χ3n) is 5.30. The number of nitrogens with zero attached hydrogens (tertiary/aromatic N) is 1. The van der Waals surface area contributed by atoms with Gasteiger partial charge in [0, 0.05) is 24.8 Å². The number of aliphatic carboxylic acids is 1. The zero-order chi connectivity index (χ0) is 18.0. The molecule has 1 aliphatic carbocycles. The van der Waals surface area contributed by atoms with Crippen molar-refractivity contribution >= 4 is 17.7 Å². The Morgan fingerprint density at radius 1 is 1.40 bits per heavy atom. The van der Waals surface area contributed by atoms with Gasteiger partial charge >= 0.3 is 12.0 Å². The van der Waals surface area contributed by atoms with E-state index in [0.29, 0.717) is 36.8 Å². The standard InChI is InChI=1S/C18H24N2O5/c1-3-25-14-7-6-13(9-15(14)24-2)19-17(23)20-10-12-5-4-8-18(12,11-20)16(21)22/h6-7,9,12H,3-5,8,10-11H2,1-2H3,(H,19,23)(H,21,22)/t12-,18+/m0/s1. The molecular weight excluding hydrogens is 324 g/mol. The molecule has 136 valence electrons. The molecule has 1 heterocycles. The SMILES string of the molecule is CCOc1ccc(NC(=O)N2C[C@@H]3CCC[C@@]3(C(=O)O)C2)cc1OC.